The summed E-state index contributed by atoms with van der Waals surface area (Å²) in [5, 5.41) is 0. The molecule has 0 fully saturated rings. The molecule has 0 aromatic rings. The highest BCUT2D eigenvalue weighted by molar-refractivity contribution is 6.02. The third-order valence-electron chi connectivity index (χ3n) is 1.81. The first-order valence-electron chi connectivity index (χ1n) is 3.24. The number of rotatable bonds is 0. The summed E-state index contributed by atoms with van der Waals surface area (Å²) in [6, 6.07) is 0. The van der Waals surface area contributed by atoms with E-state index in [1.807, 2.05) is 18.4 Å². The first kappa shape index (κ1) is 5.59. The zero-order chi connectivity index (χ0) is 7.03. The van der Waals surface area contributed by atoms with Gasteiger partial charge in [0.25, 0.3) is 0 Å². The Morgan fingerprint density at radius 1 is 1.40 bits per heavy atom. The van der Waals surface area contributed by atoms with Gasteiger partial charge in [0, 0.05) is 6.21 Å². The average Bonchev–Trinajstić information content (AvgIpc) is 1.86. The molecule has 0 atom stereocenters. The number of hydrogen-bond acceptors (Lipinski definition) is 2. The molecule has 0 radical (unpaired) electrons. The van der Waals surface area contributed by atoms with Crippen LogP contribution in [0.25, 0.3) is 0 Å². The van der Waals surface area contributed by atoms with E-state index < -0.39 is 0 Å². The van der Waals surface area contributed by atoms with Gasteiger partial charge in [-0.15, -0.1) is 0 Å². The Bertz CT molecular complexity index is 244. The Kier molecular flexibility index (Phi) is 0.926. The number of nitrogens with zero attached hydrogens (tertiary/aromatic N) is 1. The molecule has 0 saturated carbocycles. The topological polar surface area (TPSA) is 29.4 Å². The number of ketones is 1. The summed E-state index contributed by atoms with van der Waals surface area (Å²) in [5.74, 6) is 0.0749. The van der Waals surface area contributed by atoms with Gasteiger partial charge < -0.3 is 0 Å². The Morgan fingerprint density at radius 3 is 2.40 bits per heavy atom. The van der Waals surface area contributed by atoms with Gasteiger partial charge in [0.2, 0.25) is 0 Å². The third kappa shape index (κ3) is 0.652. The smallest absolute Gasteiger partial charge is 0.178 e. The molecule has 0 bridgehead atoms. The predicted octanol–water partition coefficient (Wildman–Crippen LogP) is 0.752. The van der Waals surface area contributed by atoms with Crippen molar-refractivity contribution in [3.8, 4) is 0 Å². The van der Waals surface area contributed by atoms with Crippen LogP contribution in [0.3, 0.4) is 0 Å². The van der Waals surface area contributed by atoms with Crippen LogP contribution < -0.4 is 0 Å². The van der Waals surface area contributed by atoms with E-state index in [4.69, 9.17) is 0 Å². The molecule has 1 aliphatic carbocycles. The van der Waals surface area contributed by atoms with E-state index in [9.17, 15) is 4.79 Å². The number of aliphatic imine (C=N–C) groups is 1. The van der Waals surface area contributed by atoms with Crippen LogP contribution in [0.1, 0.15) is 0 Å². The van der Waals surface area contributed by atoms with Gasteiger partial charge in [-0.2, -0.15) is 0 Å². The van der Waals surface area contributed by atoms with Gasteiger partial charge in [-0.3, -0.25) is 9.79 Å². The van der Waals surface area contributed by atoms with Crippen molar-refractivity contribution in [2.75, 3.05) is 6.54 Å². The van der Waals surface area contributed by atoms with Gasteiger partial charge in [-0.05, 0) is 12.2 Å². The zero-order valence-corrected chi connectivity index (χ0v) is 5.45. The van der Waals surface area contributed by atoms with Crippen molar-refractivity contribution >= 4 is 12.0 Å². The van der Waals surface area contributed by atoms with Gasteiger partial charge >= 0.3 is 0 Å². The highest BCUT2D eigenvalue weighted by Crippen LogP contribution is 2.28. The van der Waals surface area contributed by atoms with Crippen molar-refractivity contribution in [2.24, 2.45) is 10.4 Å². The van der Waals surface area contributed by atoms with Crippen molar-refractivity contribution in [1.29, 1.82) is 0 Å². The van der Waals surface area contributed by atoms with Crippen LogP contribution in [0.15, 0.2) is 29.3 Å². The van der Waals surface area contributed by atoms with E-state index in [1.54, 1.807) is 12.2 Å². The monoisotopic (exact) mass is 133 g/mol. The van der Waals surface area contributed by atoms with Crippen LogP contribution in [0.2, 0.25) is 0 Å². The fourth-order valence-electron chi connectivity index (χ4n) is 1.08. The van der Waals surface area contributed by atoms with Crippen LogP contribution in [0.4, 0.5) is 0 Å². The second kappa shape index (κ2) is 1.66. The summed E-state index contributed by atoms with van der Waals surface area (Å²) in [5.41, 5.74) is 0.00785. The zero-order valence-electron chi connectivity index (χ0n) is 5.45. The minimum Gasteiger partial charge on any atom is -0.295 e. The summed E-state index contributed by atoms with van der Waals surface area (Å²) in [4.78, 5) is 14.7. The van der Waals surface area contributed by atoms with E-state index >= 15 is 0 Å². The van der Waals surface area contributed by atoms with Crippen LogP contribution in [-0.4, -0.2) is 18.5 Å². The summed E-state index contributed by atoms with van der Waals surface area (Å²) in [7, 11) is 0. The van der Waals surface area contributed by atoms with E-state index in [1.165, 1.54) is 0 Å². The maximum atomic E-state index is 10.7. The largest absolute Gasteiger partial charge is 0.295 e. The van der Waals surface area contributed by atoms with Crippen molar-refractivity contribution in [3.63, 3.8) is 0 Å². The third-order valence-corrected chi connectivity index (χ3v) is 1.81. The van der Waals surface area contributed by atoms with Crippen LogP contribution in [-0.2, 0) is 4.79 Å². The molecule has 0 aromatic heterocycles. The molecule has 0 amide bonds. The molecule has 1 spiro atoms. The highest BCUT2D eigenvalue weighted by Gasteiger charge is 2.29. The quantitative estimate of drug-likeness (QED) is 0.479. The molecule has 0 aromatic carbocycles. The van der Waals surface area contributed by atoms with Gasteiger partial charge in [0.05, 0.1) is 12.0 Å². The lowest BCUT2D eigenvalue weighted by Gasteiger charge is -2.28. The Morgan fingerprint density at radius 2 is 2.00 bits per heavy atom. The van der Waals surface area contributed by atoms with Crippen molar-refractivity contribution < 1.29 is 4.79 Å². The van der Waals surface area contributed by atoms with Crippen LogP contribution in [0, 0.1) is 5.41 Å². The summed E-state index contributed by atoms with van der Waals surface area (Å²) in [6.07, 6.45) is 8.88. The molecule has 1 heterocycles. The second-order valence-electron chi connectivity index (χ2n) is 2.65. The van der Waals surface area contributed by atoms with Gasteiger partial charge in [0.15, 0.2) is 5.78 Å². The number of hydrogen-bond donors (Lipinski definition) is 0. The molecule has 2 aliphatic rings. The fraction of sp³-hybridized carbons (Fsp3) is 0.250. The molecular formula is C8H7NO. The number of allylic oxidation sites excluding steroid dienone is 2. The van der Waals surface area contributed by atoms with E-state index in [2.05, 4.69) is 4.99 Å². The molecule has 2 heteroatoms. The number of carbonyl (C=O) groups excluding carboxylic acids is 1. The first-order valence-corrected chi connectivity index (χ1v) is 3.24. The fourth-order valence-corrected chi connectivity index (χ4v) is 1.08. The summed E-state index contributed by atoms with van der Waals surface area (Å²) in [6.45, 7) is 0.799. The van der Waals surface area contributed by atoms with Crippen molar-refractivity contribution in [3.05, 3.63) is 24.3 Å². The van der Waals surface area contributed by atoms with Crippen molar-refractivity contribution in [1.82, 2.24) is 0 Å². The van der Waals surface area contributed by atoms with E-state index in [0.29, 0.717) is 0 Å². The average molecular weight is 133 g/mol. The molecule has 0 saturated heterocycles. The minimum atomic E-state index is 0.00785. The highest BCUT2D eigenvalue weighted by atomic mass is 16.1. The SMILES string of the molecule is O=C1C=CC2(C=C1)C=NC2. The standard InChI is InChI=1S/C8H7NO/c10-7-1-3-8(4-2-7)5-9-6-8/h1-5H,6H2. The number of carbonyl (C=O) groups is 1. The summed E-state index contributed by atoms with van der Waals surface area (Å²) >= 11 is 0. The lowest BCUT2D eigenvalue weighted by Crippen LogP contribution is -2.31. The van der Waals surface area contributed by atoms with Crippen LogP contribution in [0.5, 0.6) is 0 Å². The lowest BCUT2D eigenvalue weighted by atomic mass is 9.82. The molecule has 2 rings (SSSR count). The molecule has 50 valence electrons. The van der Waals surface area contributed by atoms with Gasteiger partial charge in [-0.1, -0.05) is 12.2 Å². The van der Waals surface area contributed by atoms with Crippen molar-refractivity contribution in [2.45, 2.75) is 0 Å². The minimum absolute atomic E-state index is 0.00785. The lowest BCUT2D eigenvalue weighted by molar-refractivity contribution is -0.110. The van der Waals surface area contributed by atoms with E-state index in [0.717, 1.165) is 6.54 Å². The second-order valence-corrected chi connectivity index (χ2v) is 2.65. The normalized spacial score (nSPS) is 25.4. The molecule has 2 nitrogen and oxygen atoms in total. The predicted molar refractivity (Wildman–Crippen MR) is 39.1 cm³/mol. The Balaban J connectivity index is 2.31. The maximum absolute atomic E-state index is 10.7. The molecule has 1 aliphatic heterocycles. The molecule has 0 unspecified atom stereocenters. The molecule has 0 N–H and O–H groups in total. The van der Waals surface area contributed by atoms with Crippen LogP contribution >= 0.6 is 0 Å². The summed E-state index contributed by atoms with van der Waals surface area (Å²) < 4.78 is 0. The maximum Gasteiger partial charge on any atom is 0.178 e. The first-order chi connectivity index (χ1) is 4.81. The Labute approximate surface area is 59.0 Å². The molecule has 10 heavy (non-hydrogen) atoms. The van der Waals surface area contributed by atoms with E-state index in [-0.39, 0.29) is 11.2 Å². The molecular weight excluding hydrogens is 126 g/mol. The van der Waals surface area contributed by atoms with Gasteiger partial charge in [-0.25, -0.2) is 0 Å². The Hall–Kier alpha value is -1.18. The van der Waals surface area contributed by atoms with Gasteiger partial charge in [0.1, 0.15) is 0 Å².